The second-order valence-corrected chi connectivity index (χ2v) is 5.95. The van der Waals surface area contributed by atoms with Crippen LogP contribution < -0.4 is 5.32 Å². The zero-order chi connectivity index (χ0) is 11.7. The normalized spacial score (nSPS) is 15.4. The fraction of sp³-hybridized carbons (Fsp3) is 0.455. The van der Waals surface area contributed by atoms with Crippen molar-refractivity contribution in [2.45, 2.75) is 25.3 Å². The molecule has 1 aliphatic rings. The van der Waals surface area contributed by atoms with Crippen LogP contribution in [-0.4, -0.2) is 22.7 Å². The zero-order valence-corrected chi connectivity index (χ0v) is 11.6. The molecule has 2 aromatic heterocycles. The van der Waals surface area contributed by atoms with E-state index in [1.807, 2.05) is 11.4 Å². The van der Waals surface area contributed by atoms with E-state index >= 15 is 0 Å². The van der Waals surface area contributed by atoms with Crippen LogP contribution in [0.3, 0.4) is 0 Å². The number of hydrogen-bond donors (Lipinski definition) is 1. The molecule has 2 aromatic rings. The lowest BCUT2D eigenvalue weighted by Crippen LogP contribution is -2.19. The van der Waals surface area contributed by atoms with Crippen molar-refractivity contribution >= 4 is 27.3 Å². The summed E-state index contributed by atoms with van der Waals surface area (Å²) in [6.07, 6.45) is 3.41. The van der Waals surface area contributed by atoms with E-state index in [-0.39, 0.29) is 0 Å². The second kappa shape index (κ2) is 4.88. The minimum atomic E-state index is 0.683. The van der Waals surface area contributed by atoms with E-state index in [9.17, 15) is 0 Å². The van der Waals surface area contributed by atoms with Crippen molar-refractivity contribution in [3.05, 3.63) is 21.8 Å². The first kappa shape index (κ1) is 11.4. The molecule has 0 bridgehead atoms. The van der Waals surface area contributed by atoms with Crippen molar-refractivity contribution in [1.82, 2.24) is 15.5 Å². The molecule has 0 aliphatic heterocycles. The predicted molar refractivity (Wildman–Crippen MR) is 70.0 cm³/mol. The van der Waals surface area contributed by atoms with Crippen LogP contribution in [0.4, 0.5) is 0 Å². The number of rotatable bonds is 5. The van der Waals surface area contributed by atoms with Crippen LogP contribution in [0, 0.1) is 0 Å². The van der Waals surface area contributed by atoms with Gasteiger partial charge in [-0.25, -0.2) is 0 Å². The van der Waals surface area contributed by atoms with Crippen molar-refractivity contribution in [2.24, 2.45) is 0 Å². The number of halogens is 1. The predicted octanol–water partition coefficient (Wildman–Crippen LogP) is 2.86. The highest BCUT2D eigenvalue weighted by Gasteiger charge is 2.20. The van der Waals surface area contributed by atoms with Crippen LogP contribution in [-0.2, 0) is 6.42 Å². The van der Waals surface area contributed by atoms with E-state index in [4.69, 9.17) is 4.52 Å². The zero-order valence-electron chi connectivity index (χ0n) is 9.15. The summed E-state index contributed by atoms with van der Waals surface area (Å²) in [5.41, 5.74) is 0. The van der Waals surface area contributed by atoms with Gasteiger partial charge < -0.3 is 9.84 Å². The molecule has 2 heterocycles. The highest BCUT2D eigenvalue weighted by molar-refractivity contribution is 9.10. The van der Waals surface area contributed by atoms with Gasteiger partial charge in [-0.15, -0.1) is 11.3 Å². The molecule has 0 saturated heterocycles. The molecule has 1 fully saturated rings. The number of thiophene rings is 1. The van der Waals surface area contributed by atoms with Crippen molar-refractivity contribution in [3.8, 4) is 10.7 Å². The van der Waals surface area contributed by atoms with Crippen LogP contribution in [0.15, 0.2) is 20.4 Å². The van der Waals surface area contributed by atoms with Gasteiger partial charge in [0.2, 0.25) is 11.7 Å². The van der Waals surface area contributed by atoms with Gasteiger partial charge in [0, 0.05) is 28.9 Å². The molecule has 0 radical (unpaired) electrons. The van der Waals surface area contributed by atoms with Gasteiger partial charge in [-0.2, -0.15) is 4.98 Å². The maximum atomic E-state index is 5.22. The van der Waals surface area contributed by atoms with Gasteiger partial charge in [0.1, 0.15) is 0 Å². The fourth-order valence-corrected chi connectivity index (χ4v) is 2.91. The quantitative estimate of drug-likeness (QED) is 0.922. The van der Waals surface area contributed by atoms with E-state index in [0.717, 1.165) is 28.4 Å². The summed E-state index contributed by atoms with van der Waals surface area (Å²) in [5.74, 6) is 1.39. The third-order valence-corrected chi connectivity index (χ3v) is 4.29. The Hall–Kier alpha value is -0.720. The molecule has 4 nitrogen and oxygen atoms in total. The molecule has 17 heavy (non-hydrogen) atoms. The maximum absolute atomic E-state index is 5.22. The molecule has 6 heteroatoms. The SMILES string of the molecule is Brc1csc(-c2noc(CCNC3CC3)n2)c1. The van der Waals surface area contributed by atoms with Crippen molar-refractivity contribution in [3.63, 3.8) is 0 Å². The number of nitrogens with zero attached hydrogens (tertiary/aromatic N) is 2. The molecule has 0 atom stereocenters. The molecular weight excluding hydrogens is 302 g/mol. The Bertz CT molecular complexity index is 506. The van der Waals surface area contributed by atoms with Crippen molar-refractivity contribution in [1.29, 1.82) is 0 Å². The van der Waals surface area contributed by atoms with Gasteiger partial charge >= 0.3 is 0 Å². The molecule has 0 spiro atoms. The van der Waals surface area contributed by atoms with E-state index < -0.39 is 0 Å². The van der Waals surface area contributed by atoms with Gasteiger partial charge in [-0.3, -0.25) is 0 Å². The summed E-state index contributed by atoms with van der Waals surface area (Å²) in [7, 11) is 0. The molecule has 3 rings (SSSR count). The van der Waals surface area contributed by atoms with E-state index in [2.05, 4.69) is 31.4 Å². The van der Waals surface area contributed by atoms with Gasteiger partial charge in [0.05, 0.1) is 4.88 Å². The van der Waals surface area contributed by atoms with Crippen LogP contribution in [0.1, 0.15) is 18.7 Å². The van der Waals surface area contributed by atoms with Crippen LogP contribution in [0.2, 0.25) is 0 Å². The smallest absolute Gasteiger partial charge is 0.228 e. The molecule has 1 N–H and O–H groups in total. The van der Waals surface area contributed by atoms with E-state index in [0.29, 0.717) is 11.7 Å². The van der Waals surface area contributed by atoms with Gasteiger partial charge in [-0.05, 0) is 34.8 Å². The van der Waals surface area contributed by atoms with Gasteiger partial charge in [0.15, 0.2) is 0 Å². The molecule has 1 aliphatic carbocycles. The van der Waals surface area contributed by atoms with E-state index in [1.54, 1.807) is 11.3 Å². The summed E-state index contributed by atoms with van der Waals surface area (Å²) in [6.45, 7) is 0.917. The average Bonchev–Trinajstić information content (AvgIpc) is 2.85. The minimum absolute atomic E-state index is 0.683. The van der Waals surface area contributed by atoms with Gasteiger partial charge in [-0.1, -0.05) is 5.16 Å². The molecule has 0 unspecified atom stereocenters. The maximum Gasteiger partial charge on any atom is 0.228 e. The fourth-order valence-electron chi connectivity index (χ4n) is 1.56. The molecule has 0 aromatic carbocycles. The molecule has 0 amide bonds. The van der Waals surface area contributed by atoms with Crippen molar-refractivity contribution in [2.75, 3.05) is 6.54 Å². The van der Waals surface area contributed by atoms with Crippen LogP contribution in [0.25, 0.3) is 10.7 Å². The lowest BCUT2D eigenvalue weighted by molar-refractivity contribution is 0.376. The summed E-state index contributed by atoms with van der Waals surface area (Å²) in [6, 6.07) is 2.73. The summed E-state index contributed by atoms with van der Waals surface area (Å²) in [4.78, 5) is 5.41. The monoisotopic (exact) mass is 313 g/mol. The Labute approximate surface area is 112 Å². The highest BCUT2D eigenvalue weighted by Crippen LogP contribution is 2.27. The lowest BCUT2D eigenvalue weighted by Gasteiger charge is -1.96. The Kier molecular flexibility index (Phi) is 3.26. The summed E-state index contributed by atoms with van der Waals surface area (Å²) < 4.78 is 6.28. The summed E-state index contributed by atoms with van der Waals surface area (Å²) >= 11 is 5.02. The largest absolute Gasteiger partial charge is 0.339 e. The minimum Gasteiger partial charge on any atom is -0.339 e. The lowest BCUT2D eigenvalue weighted by atomic mass is 10.4. The highest BCUT2D eigenvalue weighted by atomic mass is 79.9. The second-order valence-electron chi connectivity index (χ2n) is 4.12. The first-order valence-corrected chi connectivity index (χ1v) is 7.29. The third-order valence-electron chi connectivity index (χ3n) is 2.61. The number of aromatic nitrogens is 2. The van der Waals surface area contributed by atoms with E-state index in [1.165, 1.54) is 12.8 Å². The third kappa shape index (κ3) is 2.94. The van der Waals surface area contributed by atoms with Gasteiger partial charge in [0.25, 0.3) is 0 Å². The van der Waals surface area contributed by atoms with Crippen LogP contribution >= 0.6 is 27.3 Å². The first-order valence-electron chi connectivity index (χ1n) is 5.61. The Morgan fingerprint density at radius 3 is 3.12 bits per heavy atom. The molecule has 90 valence electrons. The number of nitrogens with one attached hydrogen (secondary N) is 1. The Morgan fingerprint density at radius 1 is 1.53 bits per heavy atom. The Morgan fingerprint density at radius 2 is 2.41 bits per heavy atom. The topological polar surface area (TPSA) is 51.0 Å². The molecular formula is C11H12BrN3OS. The number of hydrogen-bond acceptors (Lipinski definition) is 5. The van der Waals surface area contributed by atoms with Crippen molar-refractivity contribution < 1.29 is 4.52 Å². The molecule has 1 saturated carbocycles. The van der Waals surface area contributed by atoms with Crippen LogP contribution in [0.5, 0.6) is 0 Å². The first-order chi connectivity index (χ1) is 8.31. The Balaban J connectivity index is 1.61. The standard InChI is InChI=1S/C11H12BrN3OS/c12-7-5-9(17-6-7)11-14-10(16-15-11)3-4-13-8-1-2-8/h5-6,8,13H,1-4H2. The average molecular weight is 314 g/mol. The summed E-state index contributed by atoms with van der Waals surface area (Å²) in [5, 5.41) is 9.43.